The van der Waals surface area contributed by atoms with E-state index < -0.39 is 7.59 Å². The van der Waals surface area contributed by atoms with Gasteiger partial charge in [0.15, 0.2) is 0 Å². The van der Waals surface area contributed by atoms with Crippen molar-refractivity contribution in [3.05, 3.63) is 37.2 Å². The molecule has 0 radical (unpaired) electrons. The second-order valence-electron chi connectivity index (χ2n) is 3.70. The highest BCUT2D eigenvalue weighted by atomic mass is 31.2. The summed E-state index contributed by atoms with van der Waals surface area (Å²) in [5, 5.41) is 10.8. The van der Waals surface area contributed by atoms with E-state index in [0.29, 0.717) is 12.1 Å². The first-order chi connectivity index (χ1) is 9.70. The number of hydrogen-bond acceptors (Lipinski definition) is 6. The van der Waals surface area contributed by atoms with Crippen LogP contribution in [0.4, 0.5) is 0 Å². The Labute approximate surface area is 116 Å². The Kier molecular flexibility index (Phi) is 4.41. The fourth-order valence-corrected chi connectivity index (χ4v) is 3.19. The molecule has 0 spiro atoms. The summed E-state index contributed by atoms with van der Waals surface area (Å²) in [5.74, 6) is 0. The lowest BCUT2D eigenvalue weighted by Gasteiger charge is -2.20. The highest BCUT2D eigenvalue weighted by molar-refractivity contribution is 7.58. The first-order valence-corrected chi connectivity index (χ1v) is 7.58. The Hall–Kier alpha value is -2.28. The molecule has 20 heavy (non-hydrogen) atoms. The van der Waals surface area contributed by atoms with Crippen LogP contribution < -0.4 is 5.09 Å². The molecule has 0 aliphatic carbocycles. The van der Waals surface area contributed by atoms with Crippen LogP contribution in [0.5, 0.6) is 0 Å². The molecule has 2 rings (SSSR count). The number of aliphatic imine (C=N–C) groups is 1. The molecule has 106 valence electrons. The quantitative estimate of drug-likeness (QED) is 0.636. The second-order valence-corrected chi connectivity index (χ2v) is 5.83. The molecule has 0 aliphatic heterocycles. The molecule has 0 amide bonds. The lowest BCUT2D eigenvalue weighted by molar-refractivity contribution is 0.540. The summed E-state index contributed by atoms with van der Waals surface area (Å²) in [5.41, 5.74) is 0.692. The molecule has 2 aromatic rings. The third kappa shape index (κ3) is 2.83. The van der Waals surface area contributed by atoms with Gasteiger partial charge >= 0.3 is 7.59 Å². The number of aromatic nitrogens is 6. The summed E-state index contributed by atoms with van der Waals surface area (Å²) in [6, 6.07) is 0. The Morgan fingerprint density at radius 3 is 2.30 bits per heavy atom. The molecular formula is C10H15N8OP. The Balaban J connectivity index is 2.41. The standard InChI is InChI=1S/C10H15N8OP/c1-3-10(5-11-4-2)16-20(19,17-8-12-6-14-17)18-9-13-7-15-18/h4-9H,3H2,1-2H3,(H,16,19)/b10-5-,11-4?. The summed E-state index contributed by atoms with van der Waals surface area (Å²) in [7, 11) is -3.35. The number of nitrogens with one attached hydrogen (secondary N) is 1. The van der Waals surface area contributed by atoms with E-state index in [4.69, 9.17) is 0 Å². The number of rotatable bonds is 6. The summed E-state index contributed by atoms with van der Waals surface area (Å²) >= 11 is 0. The van der Waals surface area contributed by atoms with E-state index in [1.807, 2.05) is 6.92 Å². The van der Waals surface area contributed by atoms with Crippen molar-refractivity contribution in [2.75, 3.05) is 0 Å². The predicted molar refractivity (Wildman–Crippen MR) is 74.1 cm³/mol. The second kappa shape index (κ2) is 6.25. The maximum atomic E-state index is 13.2. The molecule has 0 saturated heterocycles. The molecule has 0 saturated carbocycles. The first-order valence-electron chi connectivity index (χ1n) is 5.96. The Morgan fingerprint density at radius 2 is 1.90 bits per heavy atom. The average Bonchev–Trinajstić information content (AvgIpc) is 3.16. The molecule has 2 heterocycles. The van der Waals surface area contributed by atoms with Crippen LogP contribution in [0.25, 0.3) is 0 Å². The van der Waals surface area contributed by atoms with E-state index in [-0.39, 0.29) is 0 Å². The molecule has 9 nitrogen and oxygen atoms in total. The molecule has 1 N–H and O–H groups in total. The minimum atomic E-state index is -3.35. The summed E-state index contributed by atoms with van der Waals surface area (Å²) < 4.78 is 15.7. The van der Waals surface area contributed by atoms with Crippen LogP contribution in [0, 0.1) is 0 Å². The van der Waals surface area contributed by atoms with Gasteiger partial charge in [0.25, 0.3) is 0 Å². The van der Waals surface area contributed by atoms with Gasteiger partial charge in [-0.25, -0.2) is 14.5 Å². The third-order valence-electron chi connectivity index (χ3n) is 2.42. The van der Waals surface area contributed by atoms with Crippen LogP contribution in [-0.4, -0.2) is 35.3 Å². The number of hydrogen-bond donors (Lipinski definition) is 1. The summed E-state index contributed by atoms with van der Waals surface area (Å²) in [6.07, 6.45) is 9.24. The molecule has 10 heteroatoms. The largest absolute Gasteiger partial charge is 0.399 e. The molecule has 2 aromatic heterocycles. The van der Waals surface area contributed by atoms with E-state index in [1.54, 1.807) is 19.3 Å². The Morgan fingerprint density at radius 1 is 1.30 bits per heavy atom. The van der Waals surface area contributed by atoms with E-state index in [2.05, 4.69) is 30.2 Å². The van der Waals surface area contributed by atoms with Gasteiger partial charge in [-0.15, -0.1) is 0 Å². The summed E-state index contributed by atoms with van der Waals surface area (Å²) in [4.78, 5) is 11.7. The fraction of sp³-hybridized carbons (Fsp3) is 0.300. The van der Waals surface area contributed by atoms with Crippen molar-refractivity contribution in [1.29, 1.82) is 0 Å². The van der Waals surface area contributed by atoms with Crippen molar-refractivity contribution in [3.8, 4) is 0 Å². The lowest BCUT2D eigenvalue weighted by Crippen LogP contribution is -2.21. The van der Waals surface area contributed by atoms with Gasteiger partial charge in [-0.2, -0.15) is 19.1 Å². The normalized spacial score (nSPS) is 13.0. The first kappa shape index (κ1) is 14.1. The van der Waals surface area contributed by atoms with E-state index in [0.717, 1.165) is 0 Å². The van der Waals surface area contributed by atoms with Gasteiger partial charge in [-0.05, 0) is 13.3 Å². The molecule has 0 aromatic carbocycles. The average molecular weight is 294 g/mol. The van der Waals surface area contributed by atoms with Crippen LogP contribution in [0.2, 0.25) is 0 Å². The van der Waals surface area contributed by atoms with Gasteiger partial charge in [-0.3, -0.25) is 4.99 Å². The van der Waals surface area contributed by atoms with Gasteiger partial charge in [0, 0.05) is 18.1 Å². The number of allylic oxidation sites excluding steroid dienone is 1. The van der Waals surface area contributed by atoms with E-state index in [9.17, 15) is 4.57 Å². The van der Waals surface area contributed by atoms with E-state index >= 15 is 0 Å². The van der Waals surface area contributed by atoms with Gasteiger partial charge in [0.05, 0.1) is 0 Å². The van der Waals surface area contributed by atoms with Gasteiger partial charge in [0.1, 0.15) is 25.3 Å². The van der Waals surface area contributed by atoms with Crippen molar-refractivity contribution in [2.45, 2.75) is 20.3 Å². The maximum Gasteiger partial charge on any atom is 0.399 e. The molecular weight excluding hydrogens is 279 g/mol. The smallest absolute Gasteiger partial charge is 0.303 e. The van der Waals surface area contributed by atoms with Crippen LogP contribution in [0.1, 0.15) is 20.3 Å². The van der Waals surface area contributed by atoms with Crippen LogP contribution >= 0.6 is 7.59 Å². The van der Waals surface area contributed by atoms with Crippen molar-refractivity contribution < 1.29 is 4.57 Å². The molecule has 0 unspecified atom stereocenters. The van der Waals surface area contributed by atoms with Gasteiger partial charge in [0.2, 0.25) is 0 Å². The zero-order valence-electron chi connectivity index (χ0n) is 11.2. The highest BCUT2D eigenvalue weighted by Gasteiger charge is 2.29. The van der Waals surface area contributed by atoms with Crippen molar-refractivity contribution in [2.24, 2.45) is 4.99 Å². The third-order valence-corrected chi connectivity index (χ3v) is 4.52. The fourth-order valence-electron chi connectivity index (χ4n) is 1.43. The monoisotopic (exact) mass is 294 g/mol. The van der Waals surface area contributed by atoms with Gasteiger partial charge in [-0.1, -0.05) is 6.92 Å². The minimum Gasteiger partial charge on any atom is -0.303 e. The number of nitrogens with zero attached hydrogens (tertiary/aromatic N) is 7. The molecule has 0 bridgehead atoms. The Bertz CT molecular complexity index is 592. The molecule has 0 atom stereocenters. The highest BCUT2D eigenvalue weighted by Crippen LogP contribution is 2.43. The maximum absolute atomic E-state index is 13.2. The zero-order valence-corrected chi connectivity index (χ0v) is 12.1. The topological polar surface area (TPSA) is 103 Å². The zero-order chi connectivity index (χ0) is 14.4. The van der Waals surface area contributed by atoms with Crippen molar-refractivity contribution in [3.63, 3.8) is 0 Å². The van der Waals surface area contributed by atoms with Crippen LogP contribution in [0.3, 0.4) is 0 Å². The summed E-state index contributed by atoms with van der Waals surface area (Å²) in [6.45, 7) is 3.73. The van der Waals surface area contributed by atoms with Crippen molar-refractivity contribution >= 4 is 13.8 Å². The minimum absolute atomic E-state index is 0.630. The predicted octanol–water partition coefficient (Wildman–Crippen LogP) is 1.31. The van der Waals surface area contributed by atoms with Crippen LogP contribution in [0.15, 0.2) is 42.2 Å². The van der Waals surface area contributed by atoms with Gasteiger partial charge < -0.3 is 5.09 Å². The van der Waals surface area contributed by atoms with Crippen molar-refractivity contribution in [1.82, 2.24) is 34.2 Å². The molecule has 0 aliphatic rings. The van der Waals surface area contributed by atoms with E-state index in [1.165, 1.54) is 34.2 Å². The van der Waals surface area contributed by atoms with Crippen LogP contribution in [-0.2, 0) is 4.57 Å². The molecule has 0 fully saturated rings. The SMILES string of the molecule is CC=N/C=C(/CC)NP(=O)(n1cncn1)n1cncn1. The lowest BCUT2D eigenvalue weighted by atomic mass is 10.4.